The van der Waals surface area contributed by atoms with Crippen molar-refractivity contribution in [3.63, 3.8) is 0 Å². The summed E-state index contributed by atoms with van der Waals surface area (Å²) in [5.41, 5.74) is 3.73. The number of aliphatic carboxylic acids is 1. The molecule has 1 aromatic carbocycles. The average Bonchev–Trinajstić information content (AvgIpc) is 3.30. The lowest BCUT2D eigenvalue weighted by molar-refractivity contribution is -0.142. The zero-order valence-electron chi connectivity index (χ0n) is 27.5. The van der Waals surface area contributed by atoms with E-state index in [9.17, 15) is 32.1 Å². The first-order valence-corrected chi connectivity index (χ1v) is 18.2. The summed E-state index contributed by atoms with van der Waals surface area (Å²) in [6.45, 7) is 6.42. The van der Waals surface area contributed by atoms with Gasteiger partial charge in [-0.05, 0) is 63.4 Å². The van der Waals surface area contributed by atoms with E-state index >= 15 is 0 Å². The van der Waals surface area contributed by atoms with Crippen LogP contribution in [0.4, 0.5) is 25.1 Å². The first-order valence-electron chi connectivity index (χ1n) is 14.7. The normalized spacial score (nSPS) is 13.2. The first-order chi connectivity index (χ1) is 23.3. The maximum atomic E-state index is 14.2. The van der Waals surface area contributed by atoms with Crippen LogP contribution >= 0.6 is 42.2 Å². The third-order valence-corrected chi connectivity index (χ3v) is 7.85. The summed E-state index contributed by atoms with van der Waals surface area (Å²) >= 11 is 17.6. The second-order valence-corrected chi connectivity index (χ2v) is 13.8. The predicted octanol–water partition coefficient (Wildman–Crippen LogP) is 4.32. The zero-order valence-corrected chi connectivity index (χ0v) is 30.7. The molecule has 3 aromatic rings. The van der Waals surface area contributed by atoms with Crippen molar-refractivity contribution >= 4 is 66.0 Å². The van der Waals surface area contributed by atoms with Crippen molar-refractivity contribution in [3.05, 3.63) is 50.1 Å². The largest absolute Gasteiger partial charge is 0.480 e. The number of benzene rings is 1. The molecular weight excluding hydrogens is 757 g/mol. The van der Waals surface area contributed by atoms with Crippen LogP contribution < -0.4 is 22.1 Å². The number of ether oxygens (including phenoxy) is 1. The lowest BCUT2D eigenvalue weighted by atomic mass is 10.1. The molecule has 2 heterocycles. The Bertz CT molecular complexity index is 1670. The van der Waals surface area contributed by atoms with Gasteiger partial charge in [0.1, 0.15) is 22.9 Å². The summed E-state index contributed by atoms with van der Waals surface area (Å²) in [6, 6.07) is 0.996. The van der Waals surface area contributed by atoms with Crippen LogP contribution in [0.25, 0.3) is 5.69 Å². The summed E-state index contributed by atoms with van der Waals surface area (Å²) in [6.07, 6.45) is -0.115. The molecule has 0 saturated heterocycles. The number of aromatic nitrogens is 6. The highest BCUT2D eigenvalue weighted by molar-refractivity contribution is 7.57. The van der Waals surface area contributed by atoms with Crippen LogP contribution in [0.5, 0.6) is 0 Å². The summed E-state index contributed by atoms with van der Waals surface area (Å²) < 4.78 is 56.1. The third kappa shape index (κ3) is 14.8. The highest BCUT2D eigenvalue weighted by atomic mass is 35.5. The Labute approximate surface area is 300 Å². The van der Waals surface area contributed by atoms with Gasteiger partial charge >= 0.3 is 24.2 Å². The van der Waals surface area contributed by atoms with Gasteiger partial charge in [0.25, 0.3) is 0 Å². The number of halogens is 6. The second kappa shape index (κ2) is 21.0. The quantitative estimate of drug-likeness (QED) is 0.0870. The van der Waals surface area contributed by atoms with E-state index in [1.54, 1.807) is 6.92 Å². The Morgan fingerprint density at radius 2 is 1.66 bits per heavy atom. The monoisotopic (exact) mass is 793 g/mol. The fourth-order valence-electron chi connectivity index (χ4n) is 3.59. The van der Waals surface area contributed by atoms with Crippen LogP contribution in [0, 0.1) is 12.7 Å². The number of nitrogens with one attached hydrogen (secondary N) is 2. The van der Waals surface area contributed by atoms with E-state index in [1.807, 2.05) is 13.8 Å². The van der Waals surface area contributed by atoms with E-state index in [-0.39, 0.29) is 57.6 Å². The van der Waals surface area contributed by atoms with Crippen molar-refractivity contribution in [2.24, 2.45) is 5.73 Å². The van der Waals surface area contributed by atoms with Crippen molar-refractivity contribution in [2.75, 3.05) is 43.2 Å². The summed E-state index contributed by atoms with van der Waals surface area (Å²) in [4.78, 5) is 54.5. The predicted molar refractivity (Wildman–Crippen MR) is 183 cm³/mol. The van der Waals surface area contributed by atoms with E-state index < -0.39 is 48.8 Å². The van der Waals surface area contributed by atoms with E-state index in [1.165, 1.54) is 13.6 Å². The Morgan fingerprint density at radius 3 is 2.10 bits per heavy atom. The summed E-state index contributed by atoms with van der Waals surface area (Å²) in [5, 5.41) is 16.9. The number of carboxylic acid groups (broad SMARTS) is 1. The minimum atomic E-state index is -3.12. The third-order valence-electron chi connectivity index (χ3n) is 5.91. The lowest BCUT2D eigenvalue weighted by Gasteiger charge is -2.12. The van der Waals surface area contributed by atoms with Crippen LogP contribution in [0.15, 0.2) is 16.9 Å². The molecule has 280 valence electrons. The molecule has 0 bridgehead atoms. The van der Waals surface area contributed by atoms with Gasteiger partial charge in [0.2, 0.25) is 17.2 Å². The SMILES string of the molecule is CCNc1nc(Cl)nc(NCC)n1.CCOC(=O)C(Cl)Cc1cc(-n2nc(C)n(C(F)F)c2=O)c(F)cc1Cl.CP(=O)(O)CCC(N)C(=O)O. The summed E-state index contributed by atoms with van der Waals surface area (Å²) in [5.74, 6) is -2.06. The van der Waals surface area contributed by atoms with Gasteiger partial charge in [-0.15, -0.1) is 16.7 Å². The molecular formula is C27H38Cl3F3N9O7P. The molecule has 0 aliphatic heterocycles. The van der Waals surface area contributed by atoms with Crippen molar-refractivity contribution in [1.82, 2.24) is 29.3 Å². The molecule has 0 saturated carbocycles. The molecule has 0 spiro atoms. The molecule has 16 nitrogen and oxygen atoms in total. The molecule has 6 N–H and O–H groups in total. The molecule has 2 aromatic heterocycles. The minimum Gasteiger partial charge on any atom is -0.480 e. The molecule has 0 radical (unpaired) electrons. The fourth-order valence-corrected chi connectivity index (χ4v) is 4.97. The maximum absolute atomic E-state index is 14.2. The molecule has 0 aliphatic rings. The van der Waals surface area contributed by atoms with Gasteiger partial charge in [0, 0.05) is 37.4 Å². The van der Waals surface area contributed by atoms with E-state index in [2.05, 4.69) is 30.7 Å². The van der Waals surface area contributed by atoms with Gasteiger partial charge < -0.3 is 31.1 Å². The van der Waals surface area contributed by atoms with Gasteiger partial charge in [0.05, 0.1) is 6.61 Å². The number of carboxylic acids is 1. The Balaban J connectivity index is 0.000000433. The highest BCUT2D eigenvalue weighted by Crippen LogP contribution is 2.35. The molecule has 0 amide bonds. The molecule has 3 atom stereocenters. The number of carbonyl (C=O) groups is 2. The average molecular weight is 795 g/mol. The molecule has 0 aliphatic carbocycles. The van der Waals surface area contributed by atoms with E-state index in [4.69, 9.17) is 55.3 Å². The topological polar surface area (TPSA) is 229 Å². The van der Waals surface area contributed by atoms with E-state index in [0.29, 0.717) is 16.6 Å². The Kier molecular flexibility index (Phi) is 18.7. The van der Waals surface area contributed by atoms with Crippen LogP contribution in [-0.4, -0.2) is 95.2 Å². The molecule has 0 fully saturated rings. The highest BCUT2D eigenvalue weighted by Gasteiger charge is 2.24. The second-order valence-electron chi connectivity index (χ2n) is 10.0. The molecule has 23 heteroatoms. The number of hydrogen-bond donors (Lipinski definition) is 5. The molecule has 3 rings (SSSR count). The zero-order chi connectivity index (χ0) is 38.3. The Hall–Kier alpha value is -3.48. The van der Waals surface area contributed by atoms with E-state index in [0.717, 1.165) is 25.2 Å². The summed E-state index contributed by atoms with van der Waals surface area (Å²) in [7, 11) is -3.10. The number of esters is 1. The number of anilines is 2. The minimum absolute atomic E-state index is 0.0412. The van der Waals surface area contributed by atoms with Gasteiger partial charge in [-0.3, -0.25) is 14.2 Å². The number of alkyl halides is 3. The number of nitrogens with two attached hydrogens (primary N) is 1. The first kappa shape index (κ1) is 44.5. The van der Waals surface area contributed by atoms with Gasteiger partial charge in [-0.25, -0.2) is 13.8 Å². The molecule has 50 heavy (non-hydrogen) atoms. The van der Waals surface area contributed by atoms with Gasteiger partial charge in [-0.1, -0.05) is 11.6 Å². The van der Waals surface area contributed by atoms with Crippen LogP contribution in [0.3, 0.4) is 0 Å². The van der Waals surface area contributed by atoms with Crippen molar-refractivity contribution < 1.29 is 42.1 Å². The van der Waals surface area contributed by atoms with Crippen molar-refractivity contribution in [3.8, 4) is 5.69 Å². The fraction of sp³-hybridized carbons (Fsp3) is 0.519. The Morgan fingerprint density at radius 1 is 1.10 bits per heavy atom. The number of nitrogens with zero attached hydrogens (tertiary/aromatic N) is 6. The van der Waals surface area contributed by atoms with Gasteiger partial charge in [-0.2, -0.15) is 28.4 Å². The van der Waals surface area contributed by atoms with Crippen LogP contribution in [0.2, 0.25) is 10.3 Å². The van der Waals surface area contributed by atoms with Crippen LogP contribution in [0.1, 0.15) is 45.1 Å². The number of carbonyl (C=O) groups excluding carboxylic acids is 1. The van der Waals surface area contributed by atoms with Crippen LogP contribution in [-0.2, 0) is 25.3 Å². The van der Waals surface area contributed by atoms with Gasteiger partial charge in [0.15, 0.2) is 13.2 Å². The van der Waals surface area contributed by atoms with Crippen molar-refractivity contribution in [2.45, 2.75) is 58.5 Å². The standard InChI is InChI=1S/C15H14Cl2F3N3O3.C7H12ClN5.C5H12NO4P/c1-3-26-13(24)10(17)4-8-5-12(11(18)6-9(8)16)23-15(25)22(14(19)20)7(2)21-23;1-3-9-6-11-5(8)12-7(13-6)10-4-2;1-11(9,10)3-2-4(6)5(7)8/h5-6,10,14H,3-4H2,1-2H3;3-4H2,1-2H3,(H2,9,10,11,12,13);4H,2-3,6H2,1H3,(H,7,8)(H,9,10). The van der Waals surface area contributed by atoms with Crippen molar-refractivity contribution in [1.29, 1.82) is 0 Å². The number of hydrogen-bond acceptors (Lipinski definition) is 12. The molecule has 3 unspecified atom stereocenters. The number of rotatable bonds is 14. The maximum Gasteiger partial charge on any atom is 0.355 e. The smallest absolute Gasteiger partial charge is 0.355 e. The number of aryl methyl sites for hydroxylation is 1. The lowest BCUT2D eigenvalue weighted by Crippen LogP contribution is -2.30.